The van der Waals surface area contributed by atoms with Gasteiger partial charge in [0.05, 0.1) is 33.2 Å². The first-order chi connectivity index (χ1) is 13.2. The third-order valence-electron chi connectivity index (χ3n) is 5.80. The first-order valence-corrected chi connectivity index (χ1v) is 11.2. The maximum Gasteiger partial charge on any atom is 0.301 e. The Morgan fingerprint density at radius 2 is 1.96 bits per heavy atom. The van der Waals surface area contributed by atoms with E-state index < -0.39 is 0 Å². The second-order valence-electron chi connectivity index (χ2n) is 7.86. The number of amides is 1. The van der Waals surface area contributed by atoms with Crippen LogP contribution in [0.1, 0.15) is 48.2 Å². The summed E-state index contributed by atoms with van der Waals surface area (Å²) in [4.78, 5) is 14.5. The van der Waals surface area contributed by atoms with Crippen LogP contribution in [0.5, 0.6) is 0 Å². The Balaban J connectivity index is 1.51. The summed E-state index contributed by atoms with van der Waals surface area (Å²) >= 11 is 1.99. The van der Waals surface area contributed by atoms with E-state index in [-0.39, 0.29) is 5.91 Å². The van der Waals surface area contributed by atoms with Gasteiger partial charge in [-0.3, -0.25) is 10.2 Å². The number of rotatable bonds is 5. The summed E-state index contributed by atoms with van der Waals surface area (Å²) in [6, 6.07) is 8.03. The highest BCUT2D eigenvalue weighted by molar-refractivity contribution is 7.99. The summed E-state index contributed by atoms with van der Waals surface area (Å²) in [6.45, 7) is 3.85. The fraction of sp³-hybridized carbons (Fsp3) is 0.571. The molecule has 1 amide bonds. The molecule has 27 heavy (non-hydrogen) atoms. The van der Waals surface area contributed by atoms with Crippen LogP contribution in [-0.4, -0.2) is 49.4 Å². The second kappa shape index (κ2) is 8.67. The van der Waals surface area contributed by atoms with Crippen LogP contribution in [0.3, 0.4) is 0 Å². The minimum Gasteiger partial charge on any atom is -0.451 e. The van der Waals surface area contributed by atoms with Crippen molar-refractivity contribution in [3.05, 3.63) is 35.6 Å². The molecule has 2 aromatic rings. The van der Waals surface area contributed by atoms with Gasteiger partial charge in [0.15, 0.2) is 5.76 Å². The summed E-state index contributed by atoms with van der Waals surface area (Å²) in [5, 5.41) is 3.82. The van der Waals surface area contributed by atoms with E-state index in [1.54, 1.807) is 0 Å². The van der Waals surface area contributed by atoms with Gasteiger partial charge < -0.3 is 9.32 Å². The number of likely N-dealkylation sites (N-methyl/N-ethyl adjacent to an activating group) is 1. The van der Waals surface area contributed by atoms with E-state index in [4.69, 9.17) is 4.42 Å². The minimum absolute atomic E-state index is 0.106. The van der Waals surface area contributed by atoms with Gasteiger partial charge in [-0.1, -0.05) is 37.5 Å². The zero-order valence-electron chi connectivity index (χ0n) is 16.1. The van der Waals surface area contributed by atoms with Gasteiger partial charge in [0.25, 0.3) is 0 Å². The summed E-state index contributed by atoms with van der Waals surface area (Å²) < 4.78 is 6.01. The van der Waals surface area contributed by atoms with Crippen molar-refractivity contribution < 1.29 is 14.1 Å². The lowest BCUT2D eigenvalue weighted by Gasteiger charge is -2.29. The predicted octanol–water partition coefficient (Wildman–Crippen LogP) is 2.47. The molecule has 5 nitrogen and oxygen atoms in total. The molecule has 0 spiro atoms. The first-order valence-electron chi connectivity index (χ1n) is 10.2. The smallest absolute Gasteiger partial charge is 0.301 e. The molecule has 6 heteroatoms. The van der Waals surface area contributed by atoms with Gasteiger partial charge in [-0.15, -0.1) is 0 Å². The molecule has 2 fully saturated rings. The summed E-state index contributed by atoms with van der Waals surface area (Å²) in [6.07, 6.45) is 6.63. The van der Waals surface area contributed by atoms with Crippen molar-refractivity contribution in [1.29, 1.82) is 0 Å². The van der Waals surface area contributed by atoms with Gasteiger partial charge in [-0.05, 0) is 18.9 Å². The number of benzene rings is 1. The molecule has 0 radical (unpaired) electrons. The maximum absolute atomic E-state index is 13.0. The summed E-state index contributed by atoms with van der Waals surface area (Å²) in [7, 11) is 2.19. The fourth-order valence-corrected chi connectivity index (χ4v) is 5.41. The van der Waals surface area contributed by atoms with Crippen LogP contribution in [0.4, 0.5) is 0 Å². The van der Waals surface area contributed by atoms with Crippen molar-refractivity contribution in [3.8, 4) is 0 Å². The lowest BCUT2D eigenvalue weighted by Crippen LogP contribution is -3.12. The Morgan fingerprint density at radius 3 is 2.74 bits per heavy atom. The van der Waals surface area contributed by atoms with Crippen LogP contribution in [0, 0.1) is 0 Å². The third kappa shape index (κ3) is 4.50. The van der Waals surface area contributed by atoms with E-state index in [1.165, 1.54) is 37.0 Å². The molecule has 0 bridgehead atoms. The van der Waals surface area contributed by atoms with Gasteiger partial charge in [-0.2, -0.15) is 11.8 Å². The molecule has 1 saturated heterocycles. The van der Waals surface area contributed by atoms with E-state index in [1.807, 2.05) is 35.0 Å². The molecule has 2 heterocycles. The molecule has 0 unspecified atom stereocenters. The number of carbonyl (C=O) groups excluding carboxylic acids is 1. The van der Waals surface area contributed by atoms with Crippen molar-refractivity contribution in [2.75, 3.05) is 33.2 Å². The third-order valence-corrected chi connectivity index (χ3v) is 7.19. The normalized spacial score (nSPS) is 20.2. The molecule has 1 aromatic carbocycles. The number of nitrogens with one attached hydrogen (secondary N) is 2. The molecule has 0 atom stereocenters. The molecular formula is C21H30N3O2S+. The number of piperazine rings is 1. The minimum atomic E-state index is -0.106. The average molecular weight is 389 g/mol. The molecule has 1 saturated carbocycles. The van der Waals surface area contributed by atoms with Gasteiger partial charge in [0.2, 0.25) is 0 Å². The van der Waals surface area contributed by atoms with Crippen molar-refractivity contribution >= 4 is 28.6 Å². The Morgan fingerprint density at radius 1 is 1.22 bits per heavy atom. The van der Waals surface area contributed by atoms with E-state index in [9.17, 15) is 4.79 Å². The van der Waals surface area contributed by atoms with Gasteiger partial charge in [-0.25, -0.2) is 5.01 Å². The largest absolute Gasteiger partial charge is 0.451 e. The van der Waals surface area contributed by atoms with Crippen LogP contribution in [0.15, 0.2) is 28.7 Å². The lowest BCUT2D eigenvalue weighted by molar-refractivity contribution is -0.884. The summed E-state index contributed by atoms with van der Waals surface area (Å²) in [5.74, 6) is 1.23. The number of hydrazine groups is 1. The Kier molecular flexibility index (Phi) is 6.05. The van der Waals surface area contributed by atoms with Crippen LogP contribution >= 0.6 is 11.8 Å². The Bertz CT molecular complexity index is 777. The zero-order chi connectivity index (χ0) is 18.6. The van der Waals surface area contributed by atoms with Crippen LogP contribution in [-0.2, 0) is 5.75 Å². The number of thioether (sulfide) groups is 1. The molecule has 4 rings (SSSR count). The first kappa shape index (κ1) is 18.8. The molecule has 2 aliphatic rings. The van der Waals surface area contributed by atoms with Crippen LogP contribution in [0.2, 0.25) is 0 Å². The van der Waals surface area contributed by atoms with Crippen LogP contribution < -0.4 is 10.3 Å². The van der Waals surface area contributed by atoms with Crippen molar-refractivity contribution in [1.82, 2.24) is 10.4 Å². The zero-order valence-corrected chi connectivity index (χ0v) is 16.9. The number of nitrogens with zero attached hydrogens (tertiary/aromatic N) is 1. The highest BCUT2D eigenvalue weighted by atomic mass is 32.2. The Labute approximate surface area is 165 Å². The highest BCUT2D eigenvalue weighted by Crippen LogP contribution is 2.35. The number of fused-ring (bicyclic) bond motifs is 1. The standard InChI is InChI=1S/C21H29N3O2S/c1-23-11-13-24(14-12-23)22-21(25)20-18(15-27-16-7-3-2-4-8-16)17-9-5-6-10-19(17)26-20/h5-6,9-10,16H,2-4,7-8,11-15H2,1H3,(H,22,25)/p+1. The molecule has 2 N–H and O–H groups in total. The maximum atomic E-state index is 13.0. The molecule has 1 aliphatic heterocycles. The quantitative estimate of drug-likeness (QED) is 0.826. The van der Waals surface area contributed by atoms with Crippen molar-refractivity contribution in [2.24, 2.45) is 0 Å². The van der Waals surface area contributed by atoms with E-state index in [2.05, 4.69) is 18.5 Å². The predicted molar refractivity (Wildman–Crippen MR) is 110 cm³/mol. The molecular weight excluding hydrogens is 358 g/mol. The van der Waals surface area contributed by atoms with E-state index in [0.717, 1.165) is 48.5 Å². The fourth-order valence-electron chi connectivity index (χ4n) is 4.05. The Hall–Kier alpha value is -1.50. The lowest BCUT2D eigenvalue weighted by atomic mass is 10.0. The molecule has 1 aromatic heterocycles. The number of furan rings is 1. The van der Waals surface area contributed by atoms with Crippen molar-refractivity contribution in [2.45, 2.75) is 43.1 Å². The van der Waals surface area contributed by atoms with E-state index >= 15 is 0 Å². The van der Waals surface area contributed by atoms with Gasteiger partial charge >= 0.3 is 5.91 Å². The van der Waals surface area contributed by atoms with E-state index in [0.29, 0.717) is 11.0 Å². The van der Waals surface area contributed by atoms with Crippen LogP contribution in [0.25, 0.3) is 11.0 Å². The monoisotopic (exact) mass is 388 g/mol. The number of hydrogen-bond acceptors (Lipinski definition) is 4. The summed E-state index contributed by atoms with van der Waals surface area (Å²) in [5.41, 5.74) is 4.94. The highest BCUT2D eigenvalue weighted by Gasteiger charge is 2.25. The van der Waals surface area contributed by atoms with Crippen molar-refractivity contribution in [3.63, 3.8) is 0 Å². The topological polar surface area (TPSA) is 49.9 Å². The number of hydrogen-bond donors (Lipinski definition) is 2. The number of quaternary nitrogens is 1. The molecule has 1 aliphatic carbocycles. The van der Waals surface area contributed by atoms with Gasteiger partial charge in [0.1, 0.15) is 5.58 Å². The second-order valence-corrected chi connectivity index (χ2v) is 9.15. The average Bonchev–Trinajstić information content (AvgIpc) is 3.08. The number of para-hydroxylation sites is 1. The van der Waals surface area contributed by atoms with Gasteiger partial charge in [0, 0.05) is 22.0 Å². The molecule has 146 valence electrons. The SMILES string of the molecule is C[NH+]1CCN(NC(=O)c2oc3ccccc3c2CSC2CCCCC2)CC1. The number of carbonyl (C=O) groups is 1.